The number of carbonyl (C=O) groups is 1. The molecule has 122 valence electrons. The summed E-state index contributed by atoms with van der Waals surface area (Å²) in [7, 11) is 0. The molecule has 1 atom stereocenters. The number of hydrogen-bond donors (Lipinski definition) is 1. The lowest BCUT2D eigenvalue weighted by molar-refractivity contribution is 0.207. The van der Waals surface area contributed by atoms with Gasteiger partial charge < -0.3 is 4.90 Å². The highest BCUT2D eigenvalue weighted by Gasteiger charge is 2.32. The van der Waals surface area contributed by atoms with Gasteiger partial charge in [-0.25, -0.2) is 9.78 Å². The van der Waals surface area contributed by atoms with Gasteiger partial charge in [0.2, 0.25) is 5.13 Å². The van der Waals surface area contributed by atoms with Crippen molar-refractivity contribution in [1.82, 2.24) is 20.1 Å². The van der Waals surface area contributed by atoms with Gasteiger partial charge in [0.15, 0.2) is 0 Å². The fourth-order valence-corrected chi connectivity index (χ4v) is 4.32. The number of thiazole rings is 1. The lowest BCUT2D eigenvalue weighted by atomic mass is 10.2. The molecule has 1 saturated heterocycles. The number of aromatic nitrogens is 3. The smallest absolute Gasteiger partial charge is 0.315 e. The number of rotatable bonds is 3. The average Bonchev–Trinajstić information content (AvgIpc) is 3.36. The van der Waals surface area contributed by atoms with Crippen LogP contribution in [0.5, 0.6) is 0 Å². The Bertz CT molecular complexity index is 818. The summed E-state index contributed by atoms with van der Waals surface area (Å²) in [5.74, 6) is 0. The topological polar surface area (TPSA) is 71.0 Å². The fraction of sp³-hybridized carbons (Fsp3) is 0.250. The van der Waals surface area contributed by atoms with Crippen LogP contribution < -0.4 is 5.32 Å². The number of hydrogen-bond acceptors (Lipinski definition) is 6. The summed E-state index contributed by atoms with van der Waals surface area (Å²) in [4.78, 5) is 18.8. The minimum Gasteiger partial charge on any atom is -0.315 e. The van der Waals surface area contributed by atoms with Gasteiger partial charge in [-0.1, -0.05) is 41.7 Å². The molecule has 0 unspecified atom stereocenters. The van der Waals surface area contributed by atoms with Crippen molar-refractivity contribution in [2.24, 2.45) is 0 Å². The molecule has 4 rings (SSSR count). The van der Waals surface area contributed by atoms with Gasteiger partial charge in [0.25, 0.3) is 0 Å². The largest absolute Gasteiger partial charge is 0.324 e. The standard InChI is InChI=1S/C16H15N5OS2/c22-16(21-9-4-7-12(21)14-17-8-10-23-14)18-15-20-19-13(24-15)11-5-2-1-3-6-11/h1-3,5-6,8,10,12H,4,7,9H2,(H,18,20,22)/t12-/m1/s1. The highest BCUT2D eigenvalue weighted by atomic mass is 32.1. The lowest BCUT2D eigenvalue weighted by Crippen LogP contribution is -2.34. The molecule has 2 aromatic heterocycles. The molecule has 1 N–H and O–H groups in total. The van der Waals surface area contributed by atoms with E-state index >= 15 is 0 Å². The molecule has 0 spiro atoms. The van der Waals surface area contributed by atoms with Crippen LogP contribution in [0.15, 0.2) is 41.9 Å². The third-order valence-corrected chi connectivity index (χ3v) is 5.67. The highest BCUT2D eigenvalue weighted by Crippen LogP contribution is 2.34. The first-order chi connectivity index (χ1) is 11.8. The van der Waals surface area contributed by atoms with Crippen molar-refractivity contribution in [2.75, 3.05) is 11.9 Å². The monoisotopic (exact) mass is 357 g/mol. The van der Waals surface area contributed by atoms with E-state index in [9.17, 15) is 4.79 Å². The second kappa shape index (κ2) is 6.66. The van der Waals surface area contributed by atoms with Crippen molar-refractivity contribution in [2.45, 2.75) is 18.9 Å². The van der Waals surface area contributed by atoms with Crippen LogP contribution in [0.25, 0.3) is 10.6 Å². The van der Waals surface area contributed by atoms with Crippen LogP contribution in [-0.4, -0.2) is 32.7 Å². The molecule has 8 heteroatoms. The molecule has 0 aliphatic carbocycles. The van der Waals surface area contributed by atoms with E-state index in [1.807, 2.05) is 40.6 Å². The Hall–Kier alpha value is -2.32. The second-order valence-electron chi connectivity index (χ2n) is 5.43. The Morgan fingerprint density at radius 1 is 1.25 bits per heavy atom. The van der Waals surface area contributed by atoms with Crippen LogP contribution in [0.1, 0.15) is 23.9 Å². The summed E-state index contributed by atoms with van der Waals surface area (Å²) in [6, 6.07) is 9.75. The quantitative estimate of drug-likeness (QED) is 0.768. The molecule has 1 aliphatic rings. The van der Waals surface area contributed by atoms with E-state index in [0.717, 1.165) is 35.0 Å². The minimum absolute atomic E-state index is 0.0616. The maximum atomic E-state index is 12.6. The Balaban J connectivity index is 1.47. The Morgan fingerprint density at radius 2 is 2.12 bits per heavy atom. The summed E-state index contributed by atoms with van der Waals surface area (Å²) >= 11 is 2.97. The van der Waals surface area contributed by atoms with Gasteiger partial charge in [-0.15, -0.1) is 21.5 Å². The molecule has 3 aromatic rings. The van der Waals surface area contributed by atoms with Crippen molar-refractivity contribution >= 4 is 33.8 Å². The zero-order chi connectivity index (χ0) is 16.4. The third kappa shape index (κ3) is 3.02. The first-order valence-corrected chi connectivity index (χ1v) is 9.37. The Labute approximate surface area is 147 Å². The summed E-state index contributed by atoms with van der Waals surface area (Å²) in [6.45, 7) is 0.737. The second-order valence-corrected chi connectivity index (χ2v) is 7.33. The maximum absolute atomic E-state index is 12.6. The molecule has 1 aliphatic heterocycles. The zero-order valence-corrected chi connectivity index (χ0v) is 14.4. The van der Waals surface area contributed by atoms with Crippen LogP contribution in [0.3, 0.4) is 0 Å². The molecule has 0 radical (unpaired) electrons. The summed E-state index contributed by atoms with van der Waals surface area (Å²) in [6.07, 6.45) is 3.72. The maximum Gasteiger partial charge on any atom is 0.324 e. The number of nitrogens with one attached hydrogen (secondary N) is 1. The van der Waals surface area contributed by atoms with Crippen LogP contribution in [0.4, 0.5) is 9.93 Å². The summed E-state index contributed by atoms with van der Waals surface area (Å²) < 4.78 is 0. The van der Waals surface area contributed by atoms with Gasteiger partial charge in [-0.3, -0.25) is 5.32 Å². The molecule has 0 saturated carbocycles. The predicted molar refractivity (Wildman–Crippen MR) is 95.2 cm³/mol. The average molecular weight is 357 g/mol. The van der Waals surface area contributed by atoms with Gasteiger partial charge in [-0.2, -0.15) is 0 Å². The lowest BCUT2D eigenvalue weighted by Gasteiger charge is -2.22. The number of carbonyl (C=O) groups excluding carboxylic acids is 1. The van der Waals surface area contributed by atoms with Crippen LogP contribution in [0, 0.1) is 0 Å². The summed E-state index contributed by atoms with van der Waals surface area (Å²) in [5.41, 5.74) is 0.998. The van der Waals surface area contributed by atoms with Gasteiger partial charge in [0.05, 0.1) is 6.04 Å². The molecule has 6 nitrogen and oxygen atoms in total. The molecular formula is C16H15N5OS2. The third-order valence-electron chi connectivity index (χ3n) is 3.91. The minimum atomic E-state index is -0.136. The molecular weight excluding hydrogens is 342 g/mol. The normalized spacial score (nSPS) is 17.2. The van der Waals surface area contributed by atoms with Crippen LogP contribution in [-0.2, 0) is 0 Å². The highest BCUT2D eigenvalue weighted by molar-refractivity contribution is 7.18. The predicted octanol–water partition coefficient (Wildman–Crippen LogP) is 4.03. The van der Waals surface area contributed by atoms with Crippen LogP contribution >= 0.6 is 22.7 Å². The van der Waals surface area contributed by atoms with Crippen LogP contribution in [0.2, 0.25) is 0 Å². The van der Waals surface area contributed by atoms with Gasteiger partial charge in [0, 0.05) is 23.7 Å². The first-order valence-electron chi connectivity index (χ1n) is 7.67. The van der Waals surface area contributed by atoms with E-state index < -0.39 is 0 Å². The van der Waals surface area contributed by atoms with Crippen molar-refractivity contribution in [1.29, 1.82) is 0 Å². The van der Waals surface area contributed by atoms with E-state index in [2.05, 4.69) is 20.5 Å². The molecule has 3 heterocycles. The fourth-order valence-electron chi connectivity index (χ4n) is 2.80. The first kappa shape index (κ1) is 15.2. The van der Waals surface area contributed by atoms with E-state index in [-0.39, 0.29) is 12.1 Å². The van der Waals surface area contributed by atoms with Gasteiger partial charge >= 0.3 is 6.03 Å². The van der Waals surface area contributed by atoms with Gasteiger partial charge in [0.1, 0.15) is 10.0 Å². The number of urea groups is 1. The van der Waals surface area contributed by atoms with E-state index in [0.29, 0.717) is 5.13 Å². The number of benzene rings is 1. The number of amides is 2. The number of anilines is 1. The van der Waals surface area contributed by atoms with Crippen molar-refractivity contribution in [3.05, 3.63) is 46.9 Å². The van der Waals surface area contributed by atoms with Crippen molar-refractivity contribution in [3.63, 3.8) is 0 Å². The Morgan fingerprint density at radius 3 is 2.92 bits per heavy atom. The molecule has 24 heavy (non-hydrogen) atoms. The van der Waals surface area contributed by atoms with E-state index in [1.54, 1.807) is 17.5 Å². The molecule has 2 amide bonds. The van der Waals surface area contributed by atoms with Gasteiger partial charge in [-0.05, 0) is 12.8 Å². The van der Waals surface area contributed by atoms with E-state index in [1.165, 1.54) is 11.3 Å². The summed E-state index contributed by atoms with van der Waals surface area (Å²) in [5, 5.41) is 15.4. The molecule has 1 fully saturated rings. The molecule has 1 aromatic carbocycles. The molecule has 0 bridgehead atoms. The van der Waals surface area contributed by atoms with Crippen molar-refractivity contribution in [3.8, 4) is 10.6 Å². The number of nitrogens with zero attached hydrogens (tertiary/aromatic N) is 4. The van der Waals surface area contributed by atoms with E-state index in [4.69, 9.17) is 0 Å². The SMILES string of the molecule is O=C(Nc1nnc(-c2ccccc2)s1)N1CCC[C@@H]1c1nccs1. The number of likely N-dealkylation sites (tertiary alicyclic amines) is 1. The zero-order valence-electron chi connectivity index (χ0n) is 12.8. The Kier molecular flexibility index (Phi) is 4.22. The van der Waals surface area contributed by atoms with Crippen molar-refractivity contribution < 1.29 is 4.79 Å².